The van der Waals surface area contributed by atoms with Crippen molar-refractivity contribution in [3.8, 4) is 11.3 Å². The molecule has 3 aromatic rings. The largest absolute Gasteiger partial charge is 0.356 e. The average Bonchev–Trinajstić information content (AvgIpc) is 3.39. The smallest absolute Gasteiger partial charge is 0.345 e. The van der Waals surface area contributed by atoms with Crippen LogP contribution in [-0.4, -0.2) is 55.8 Å². The van der Waals surface area contributed by atoms with Crippen LogP contribution >= 0.6 is 24.0 Å². The van der Waals surface area contributed by atoms with Gasteiger partial charge in [0.15, 0.2) is 5.96 Å². The number of rotatable bonds is 7. The maximum Gasteiger partial charge on any atom is 0.345 e. The lowest BCUT2D eigenvalue weighted by Gasteiger charge is -2.21. The second-order valence-corrected chi connectivity index (χ2v) is 7.82. The molecule has 9 nitrogen and oxygen atoms in total. The van der Waals surface area contributed by atoms with Gasteiger partial charge in [0.05, 0.1) is 18.4 Å². The number of benzene rings is 1. The Hall–Kier alpha value is -2.63. The van der Waals surface area contributed by atoms with E-state index in [0.29, 0.717) is 19.6 Å². The number of hydrogen-bond acceptors (Lipinski definition) is 4. The number of halogens is 1. The standard InChI is InChI=1S/C22H30N8O.HI/c1-23-21(24-12-8-14-30-22(31)29-13-7-6-11-20(29)27-30)28(2)16-19-25-15-18(26-19)17-9-4-3-5-10-17;/h3-5,9-10,15H,6-8,11-14,16H2,1-2H3,(H,23,24)(H,25,26);1H. The minimum atomic E-state index is 0. The van der Waals surface area contributed by atoms with Gasteiger partial charge in [-0.05, 0) is 24.8 Å². The summed E-state index contributed by atoms with van der Waals surface area (Å²) in [6, 6.07) is 10.1. The van der Waals surface area contributed by atoms with Gasteiger partial charge >= 0.3 is 5.69 Å². The Bertz CT molecular complexity index is 1090. The second-order valence-electron chi connectivity index (χ2n) is 7.82. The van der Waals surface area contributed by atoms with Crippen molar-refractivity contribution in [2.75, 3.05) is 20.6 Å². The first-order valence-electron chi connectivity index (χ1n) is 10.8. The number of hydrogen-bond donors (Lipinski definition) is 2. The molecule has 1 aliphatic rings. The molecule has 1 aromatic carbocycles. The van der Waals surface area contributed by atoms with Gasteiger partial charge in [0.1, 0.15) is 11.6 Å². The lowest BCUT2D eigenvalue weighted by molar-refractivity contribution is 0.458. The van der Waals surface area contributed by atoms with Crippen LogP contribution in [0.25, 0.3) is 11.3 Å². The summed E-state index contributed by atoms with van der Waals surface area (Å²) in [6.07, 6.45) is 5.73. The molecule has 1 aliphatic heterocycles. The highest BCUT2D eigenvalue weighted by molar-refractivity contribution is 14.0. The van der Waals surface area contributed by atoms with Crippen LogP contribution in [0.5, 0.6) is 0 Å². The van der Waals surface area contributed by atoms with Crippen molar-refractivity contribution in [2.24, 2.45) is 4.99 Å². The van der Waals surface area contributed by atoms with Crippen LogP contribution < -0.4 is 11.0 Å². The molecule has 32 heavy (non-hydrogen) atoms. The third kappa shape index (κ3) is 5.59. The van der Waals surface area contributed by atoms with Crippen LogP contribution in [0, 0.1) is 0 Å². The number of fused-ring (bicyclic) bond motifs is 1. The number of guanidine groups is 1. The van der Waals surface area contributed by atoms with Gasteiger partial charge in [0.2, 0.25) is 0 Å². The van der Waals surface area contributed by atoms with Crippen LogP contribution in [0.15, 0.2) is 46.3 Å². The van der Waals surface area contributed by atoms with E-state index >= 15 is 0 Å². The minimum absolute atomic E-state index is 0. The summed E-state index contributed by atoms with van der Waals surface area (Å²) >= 11 is 0. The number of aromatic nitrogens is 5. The summed E-state index contributed by atoms with van der Waals surface area (Å²) in [5.74, 6) is 2.58. The van der Waals surface area contributed by atoms with Crippen molar-refractivity contribution in [2.45, 2.75) is 45.3 Å². The predicted molar refractivity (Wildman–Crippen MR) is 136 cm³/mol. The van der Waals surface area contributed by atoms with Crippen LogP contribution in [0.3, 0.4) is 0 Å². The highest BCUT2D eigenvalue weighted by atomic mass is 127. The summed E-state index contributed by atoms with van der Waals surface area (Å²) in [5.41, 5.74) is 2.13. The maximum atomic E-state index is 12.4. The van der Waals surface area contributed by atoms with Crippen LogP contribution in [-0.2, 0) is 26.1 Å². The predicted octanol–water partition coefficient (Wildman–Crippen LogP) is 2.49. The van der Waals surface area contributed by atoms with E-state index in [4.69, 9.17) is 0 Å². The molecule has 10 heteroatoms. The Morgan fingerprint density at radius 3 is 2.84 bits per heavy atom. The summed E-state index contributed by atoms with van der Waals surface area (Å²) in [6.45, 7) is 2.71. The fraction of sp³-hybridized carbons (Fsp3) is 0.455. The van der Waals surface area contributed by atoms with E-state index in [0.717, 1.165) is 61.1 Å². The fourth-order valence-corrected chi connectivity index (χ4v) is 3.91. The van der Waals surface area contributed by atoms with E-state index in [1.54, 1.807) is 11.7 Å². The Morgan fingerprint density at radius 2 is 2.09 bits per heavy atom. The quantitative estimate of drug-likeness (QED) is 0.204. The Labute approximate surface area is 205 Å². The fourth-order valence-electron chi connectivity index (χ4n) is 3.91. The van der Waals surface area contributed by atoms with Crippen molar-refractivity contribution in [1.29, 1.82) is 0 Å². The molecule has 0 aliphatic carbocycles. The van der Waals surface area contributed by atoms with Crippen molar-refractivity contribution < 1.29 is 0 Å². The molecule has 0 fully saturated rings. The molecule has 2 aromatic heterocycles. The first-order chi connectivity index (χ1) is 15.2. The molecule has 0 spiro atoms. The number of aromatic amines is 1. The molecule has 0 saturated carbocycles. The summed E-state index contributed by atoms with van der Waals surface area (Å²) in [5, 5.41) is 7.86. The van der Waals surface area contributed by atoms with Gasteiger partial charge in [-0.1, -0.05) is 30.3 Å². The highest BCUT2D eigenvalue weighted by Crippen LogP contribution is 2.16. The topological polar surface area (TPSA) is 96.1 Å². The van der Waals surface area contributed by atoms with Crippen LogP contribution in [0.1, 0.15) is 30.9 Å². The van der Waals surface area contributed by atoms with E-state index in [9.17, 15) is 4.79 Å². The molecule has 0 amide bonds. The van der Waals surface area contributed by atoms with Crippen molar-refractivity contribution in [3.05, 3.63) is 58.7 Å². The SMILES string of the molecule is CN=C(NCCCn1nc2n(c1=O)CCCC2)N(C)Cc1ncc(-c2ccccc2)[nH]1.I. The molecule has 0 bridgehead atoms. The average molecular weight is 550 g/mol. The molecule has 2 N–H and O–H groups in total. The first-order valence-corrected chi connectivity index (χ1v) is 10.8. The van der Waals surface area contributed by atoms with Gasteiger partial charge in [-0.2, -0.15) is 5.10 Å². The summed E-state index contributed by atoms with van der Waals surface area (Å²) in [4.78, 5) is 26.7. The van der Waals surface area contributed by atoms with Gasteiger partial charge in [0.25, 0.3) is 0 Å². The molecule has 0 atom stereocenters. The molecule has 4 rings (SSSR count). The van der Waals surface area contributed by atoms with Gasteiger partial charge in [-0.25, -0.2) is 14.5 Å². The van der Waals surface area contributed by atoms with Crippen molar-refractivity contribution >= 4 is 29.9 Å². The molecule has 172 valence electrons. The molecule has 0 unspecified atom stereocenters. The zero-order chi connectivity index (χ0) is 21.6. The number of imidazole rings is 1. The first kappa shape index (κ1) is 24.0. The third-order valence-electron chi connectivity index (χ3n) is 5.53. The molecule has 0 radical (unpaired) electrons. The van der Waals surface area contributed by atoms with Crippen LogP contribution in [0.2, 0.25) is 0 Å². The normalized spacial score (nSPS) is 13.4. The number of nitrogens with zero attached hydrogens (tertiary/aromatic N) is 6. The molecule has 3 heterocycles. The Kier molecular flexibility index (Phi) is 8.48. The Balaban J connectivity index is 0.00000289. The number of aryl methyl sites for hydroxylation is 2. The summed E-state index contributed by atoms with van der Waals surface area (Å²) < 4.78 is 3.42. The van der Waals surface area contributed by atoms with Crippen LogP contribution in [0.4, 0.5) is 0 Å². The van der Waals surface area contributed by atoms with Gasteiger partial charge in [-0.15, -0.1) is 24.0 Å². The van der Waals surface area contributed by atoms with E-state index in [-0.39, 0.29) is 29.7 Å². The van der Waals surface area contributed by atoms with E-state index in [1.165, 1.54) is 0 Å². The maximum absolute atomic E-state index is 12.4. The van der Waals surface area contributed by atoms with E-state index < -0.39 is 0 Å². The third-order valence-corrected chi connectivity index (χ3v) is 5.53. The molecule has 0 saturated heterocycles. The van der Waals surface area contributed by atoms with Gasteiger partial charge in [0, 0.05) is 40.2 Å². The summed E-state index contributed by atoms with van der Waals surface area (Å²) in [7, 11) is 3.75. The lowest BCUT2D eigenvalue weighted by Crippen LogP contribution is -2.39. The zero-order valence-electron chi connectivity index (χ0n) is 18.6. The Morgan fingerprint density at radius 1 is 1.28 bits per heavy atom. The van der Waals surface area contributed by atoms with E-state index in [2.05, 4.69) is 37.5 Å². The highest BCUT2D eigenvalue weighted by Gasteiger charge is 2.16. The van der Waals surface area contributed by atoms with Gasteiger partial charge in [-0.3, -0.25) is 9.56 Å². The number of nitrogens with one attached hydrogen (secondary N) is 2. The molecular formula is C22H31IN8O. The minimum Gasteiger partial charge on any atom is -0.356 e. The number of aliphatic imine (C=N–C) groups is 1. The van der Waals surface area contributed by atoms with E-state index in [1.807, 2.05) is 40.9 Å². The van der Waals surface area contributed by atoms with Crippen molar-refractivity contribution in [1.82, 2.24) is 34.5 Å². The van der Waals surface area contributed by atoms with Crippen molar-refractivity contribution in [3.63, 3.8) is 0 Å². The van der Waals surface area contributed by atoms with Gasteiger partial charge < -0.3 is 15.2 Å². The lowest BCUT2D eigenvalue weighted by atomic mass is 10.2. The zero-order valence-corrected chi connectivity index (χ0v) is 21.0. The molecular weight excluding hydrogens is 519 g/mol. The monoisotopic (exact) mass is 550 g/mol. The second kappa shape index (κ2) is 11.3. The number of H-pyrrole nitrogens is 1.